The number of amides is 2. The molecule has 2 aromatic rings. The molecule has 0 aromatic heterocycles. The fraction of sp³-hybridized carbons (Fsp3) is 0.423. The van der Waals surface area contributed by atoms with Crippen LogP contribution in [0, 0.1) is 11.7 Å². The number of hydrogen-bond donors (Lipinski definition) is 1. The summed E-state index contributed by atoms with van der Waals surface area (Å²) in [7, 11) is 0. The van der Waals surface area contributed by atoms with Gasteiger partial charge in [-0.2, -0.15) is 0 Å². The van der Waals surface area contributed by atoms with E-state index in [9.17, 15) is 18.8 Å². The summed E-state index contributed by atoms with van der Waals surface area (Å²) in [6.45, 7) is 0.115. The van der Waals surface area contributed by atoms with Crippen molar-refractivity contribution < 1.29 is 28.6 Å². The molecule has 8 heteroatoms. The van der Waals surface area contributed by atoms with Crippen LogP contribution in [0.3, 0.4) is 0 Å². The molecule has 0 radical (unpaired) electrons. The number of aliphatic carboxylic acids is 1. The van der Waals surface area contributed by atoms with E-state index >= 15 is 0 Å². The van der Waals surface area contributed by atoms with Crippen molar-refractivity contribution in [2.75, 3.05) is 4.90 Å². The lowest BCUT2D eigenvalue weighted by molar-refractivity contribution is -0.143. The predicted molar refractivity (Wildman–Crippen MR) is 121 cm³/mol. The topological polar surface area (TPSA) is 87.2 Å². The molecule has 0 spiro atoms. The maximum atomic E-state index is 14.4. The lowest BCUT2D eigenvalue weighted by Gasteiger charge is -2.54. The van der Waals surface area contributed by atoms with Crippen LogP contribution in [-0.2, 0) is 20.9 Å². The van der Waals surface area contributed by atoms with Gasteiger partial charge in [-0.1, -0.05) is 36.4 Å². The van der Waals surface area contributed by atoms with Crippen molar-refractivity contribution in [3.05, 3.63) is 65.5 Å². The molecule has 1 heterocycles. The van der Waals surface area contributed by atoms with E-state index in [1.807, 2.05) is 35.2 Å². The molecule has 34 heavy (non-hydrogen) atoms. The van der Waals surface area contributed by atoms with Crippen molar-refractivity contribution in [3.8, 4) is 0 Å². The van der Waals surface area contributed by atoms with Crippen molar-refractivity contribution in [2.45, 2.75) is 63.3 Å². The average molecular weight is 467 g/mol. The minimum Gasteiger partial charge on any atom is -0.481 e. The number of carboxylic acid groups (broad SMARTS) is 1. The van der Waals surface area contributed by atoms with Gasteiger partial charge in [0.05, 0.1) is 18.2 Å². The van der Waals surface area contributed by atoms with Crippen molar-refractivity contribution in [2.24, 2.45) is 5.92 Å². The van der Waals surface area contributed by atoms with Crippen LogP contribution in [0.1, 0.15) is 55.7 Å². The molecule has 1 N–H and O–H groups in total. The Hall–Kier alpha value is -3.42. The largest absolute Gasteiger partial charge is 0.481 e. The van der Waals surface area contributed by atoms with Gasteiger partial charge in [-0.05, 0) is 48.9 Å². The van der Waals surface area contributed by atoms with Gasteiger partial charge < -0.3 is 14.7 Å². The van der Waals surface area contributed by atoms with Crippen molar-refractivity contribution in [1.29, 1.82) is 0 Å². The Bertz CT molecular complexity index is 1100. The smallest absolute Gasteiger partial charge is 0.414 e. The molecule has 3 unspecified atom stereocenters. The number of fused-ring (bicyclic) bond motifs is 2. The molecule has 2 fully saturated rings. The van der Waals surface area contributed by atoms with Gasteiger partial charge in [-0.15, -0.1) is 0 Å². The Balaban J connectivity index is 1.45. The van der Waals surface area contributed by atoms with Gasteiger partial charge in [-0.3, -0.25) is 14.5 Å². The zero-order chi connectivity index (χ0) is 23.8. The summed E-state index contributed by atoms with van der Waals surface area (Å²) in [5.74, 6) is -1.68. The van der Waals surface area contributed by atoms with Crippen molar-refractivity contribution in [3.63, 3.8) is 0 Å². The molecule has 178 valence electrons. The average Bonchev–Trinajstić information content (AvgIpc) is 3.63. The van der Waals surface area contributed by atoms with Crippen LogP contribution in [0.5, 0.6) is 0 Å². The number of carbonyl (C=O) groups excluding carboxylic acids is 2. The normalized spacial score (nSPS) is 22.7. The number of anilines is 1. The van der Waals surface area contributed by atoms with Gasteiger partial charge in [0, 0.05) is 24.4 Å². The number of hydrogen-bond acceptors (Lipinski definition) is 4. The molecular formula is C26H27FN2O5. The van der Waals surface area contributed by atoms with E-state index in [0.29, 0.717) is 5.69 Å². The fourth-order valence-electron chi connectivity index (χ4n) is 5.24. The molecule has 3 atom stereocenters. The minimum absolute atomic E-state index is 0.00313. The van der Waals surface area contributed by atoms with Gasteiger partial charge in [0.2, 0.25) is 5.91 Å². The summed E-state index contributed by atoms with van der Waals surface area (Å²) in [6.07, 6.45) is 2.47. The van der Waals surface area contributed by atoms with E-state index < -0.39 is 17.9 Å². The highest BCUT2D eigenvalue weighted by Crippen LogP contribution is 2.54. The first-order chi connectivity index (χ1) is 16.4. The predicted octanol–water partition coefficient (Wildman–Crippen LogP) is 4.66. The Labute approximate surface area is 197 Å². The van der Waals surface area contributed by atoms with E-state index in [-0.39, 0.29) is 49.4 Å². The Morgan fingerprint density at radius 3 is 2.44 bits per heavy atom. The Morgan fingerprint density at radius 1 is 1.03 bits per heavy atom. The fourth-order valence-corrected chi connectivity index (χ4v) is 5.24. The molecule has 2 amide bonds. The monoisotopic (exact) mass is 466 g/mol. The van der Waals surface area contributed by atoms with Crippen LogP contribution in [0.2, 0.25) is 0 Å². The van der Waals surface area contributed by atoms with Crippen LogP contribution in [0.25, 0.3) is 0 Å². The Kier molecular flexibility index (Phi) is 5.98. The van der Waals surface area contributed by atoms with Crippen LogP contribution in [0.4, 0.5) is 14.9 Å². The number of rotatable bonds is 7. The summed E-state index contributed by atoms with van der Waals surface area (Å²) >= 11 is 0. The third kappa shape index (κ3) is 4.24. The van der Waals surface area contributed by atoms with E-state index in [2.05, 4.69) is 0 Å². The van der Waals surface area contributed by atoms with Gasteiger partial charge in [0.1, 0.15) is 12.4 Å². The second-order valence-electron chi connectivity index (χ2n) is 9.29. The molecule has 3 aliphatic rings. The molecule has 0 saturated heterocycles. The highest BCUT2D eigenvalue weighted by Gasteiger charge is 2.53. The maximum Gasteiger partial charge on any atom is 0.414 e. The molecule has 2 aliphatic carbocycles. The molecule has 0 bridgehead atoms. The third-order valence-electron chi connectivity index (χ3n) is 7.08. The quantitative estimate of drug-likeness (QED) is 0.642. The summed E-state index contributed by atoms with van der Waals surface area (Å²) in [4.78, 5) is 40.8. The second-order valence-corrected chi connectivity index (χ2v) is 9.29. The first kappa shape index (κ1) is 22.4. The van der Waals surface area contributed by atoms with E-state index in [4.69, 9.17) is 9.84 Å². The molecule has 2 aromatic carbocycles. The lowest BCUT2D eigenvalue weighted by Crippen LogP contribution is -2.59. The van der Waals surface area contributed by atoms with Gasteiger partial charge >= 0.3 is 12.1 Å². The van der Waals surface area contributed by atoms with Crippen LogP contribution in [0.15, 0.2) is 48.5 Å². The minimum atomic E-state index is -1.01. The number of halogens is 1. The number of carboxylic acids is 1. The number of carbonyl (C=O) groups is 3. The number of ether oxygens (including phenoxy) is 1. The molecule has 2 saturated carbocycles. The standard InChI is InChI=1S/C26H27FN2O5/c27-17-6-9-20-22(14-17)29(26(33)34-15-16-4-2-1-3-5-16)21-11-10-19(21)25(20)28(18-7-8-18)23(30)12-13-24(31)32/h1-6,9,14,18-19,21,25H,7-8,10-13,15H2,(H,31,32). The molecule has 1 aliphatic heterocycles. The summed E-state index contributed by atoms with van der Waals surface area (Å²) in [5, 5.41) is 9.06. The first-order valence-electron chi connectivity index (χ1n) is 11.8. The van der Waals surface area contributed by atoms with Crippen molar-refractivity contribution in [1.82, 2.24) is 4.90 Å². The number of nitrogens with zero attached hydrogens (tertiary/aromatic N) is 2. The lowest BCUT2D eigenvalue weighted by atomic mass is 9.68. The second kappa shape index (κ2) is 9.08. The van der Waals surface area contributed by atoms with Crippen LogP contribution < -0.4 is 4.90 Å². The van der Waals surface area contributed by atoms with E-state index in [0.717, 1.165) is 36.8 Å². The zero-order valence-electron chi connectivity index (χ0n) is 18.7. The van der Waals surface area contributed by atoms with Crippen LogP contribution in [-0.4, -0.2) is 40.1 Å². The van der Waals surface area contributed by atoms with Gasteiger partial charge in [-0.25, -0.2) is 9.18 Å². The maximum absolute atomic E-state index is 14.4. The number of benzene rings is 2. The van der Waals surface area contributed by atoms with Crippen LogP contribution >= 0.6 is 0 Å². The molecular weight excluding hydrogens is 439 g/mol. The Morgan fingerprint density at radius 2 is 1.79 bits per heavy atom. The van der Waals surface area contributed by atoms with Gasteiger partial charge in [0.25, 0.3) is 0 Å². The van der Waals surface area contributed by atoms with Gasteiger partial charge in [0.15, 0.2) is 0 Å². The first-order valence-corrected chi connectivity index (χ1v) is 11.8. The highest BCUT2D eigenvalue weighted by atomic mass is 19.1. The van der Waals surface area contributed by atoms with E-state index in [1.54, 1.807) is 11.0 Å². The van der Waals surface area contributed by atoms with Crippen molar-refractivity contribution >= 4 is 23.7 Å². The highest BCUT2D eigenvalue weighted by molar-refractivity contribution is 5.91. The molecule has 5 rings (SSSR count). The third-order valence-corrected chi connectivity index (χ3v) is 7.08. The SMILES string of the molecule is O=C(O)CCC(=O)N(C1CC1)C1c2ccc(F)cc2N(C(=O)OCc2ccccc2)C2CCC21. The van der Waals surface area contributed by atoms with E-state index in [1.165, 1.54) is 12.1 Å². The molecule has 7 nitrogen and oxygen atoms in total. The summed E-state index contributed by atoms with van der Waals surface area (Å²) in [5.41, 5.74) is 2.01. The summed E-state index contributed by atoms with van der Waals surface area (Å²) < 4.78 is 20.0. The zero-order valence-corrected chi connectivity index (χ0v) is 18.7. The summed E-state index contributed by atoms with van der Waals surface area (Å²) in [6, 6.07) is 13.3.